The predicted octanol–water partition coefficient (Wildman–Crippen LogP) is 7.54. The second-order valence-corrected chi connectivity index (χ2v) is 15.4. The summed E-state index contributed by atoms with van der Waals surface area (Å²) in [5, 5.41) is 0. The molecule has 0 spiro atoms. The summed E-state index contributed by atoms with van der Waals surface area (Å²) in [6, 6.07) is 29.6. The van der Waals surface area contributed by atoms with Crippen LogP contribution in [0.5, 0.6) is 0 Å². The minimum Gasteiger partial charge on any atom is -0.436 e. The molecule has 0 atom stereocenters. The van der Waals surface area contributed by atoms with Gasteiger partial charge in [-0.3, -0.25) is 4.90 Å². The Morgan fingerprint density at radius 2 is 1.35 bits per heavy atom. The number of rotatable bonds is 2. The molecule has 6 aromatic rings. The number of benzene rings is 4. The van der Waals surface area contributed by atoms with Crippen LogP contribution in [-0.4, -0.2) is 22.5 Å². The summed E-state index contributed by atoms with van der Waals surface area (Å²) in [4.78, 5) is 16.1. The van der Waals surface area contributed by atoms with E-state index in [0.717, 1.165) is 22.3 Å². The minimum absolute atomic E-state index is 0.567. The molecule has 0 fully saturated rings. The standard InChI is InChI=1S/C28H21N3O2S/c1-34(2)24-13-7-6-11-20(24)31(21-12-8-14-25(34)26(21)34)28-30-19-16-22-18(15-23(19)33-28)29-27(32-22)17-9-4-3-5-10-17/h3-16,34H,1-2H3. The SMILES string of the molecule is C[SH]12(C)c3ccccc3N(c3nc4cc5oc(-c6ccccc6)nc5cc4o3)c3cccc1c32. The van der Waals surface area contributed by atoms with Crippen molar-refractivity contribution in [2.24, 2.45) is 0 Å². The van der Waals surface area contributed by atoms with Crippen molar-refractivity contribution in [1.82, 2.24) is 9.97 Å². The van der Waals surface area contributed by atoms with Crippen LogP contribution in [0.25, 0.3) is 33.7 Å². The quantitative estimate of drug-likeness (QED) is 0.212. The van der Waals surface area contributed by atoms with Gasteiger partial charge in [-0.25, -0.2) is 14.1 Å². The maximum absolute atomic E-state index is 6.37. The fourth-order valence-corrected chi connectivity index (χ4v) is 11.0. The summed E-state index contributed by atoms with van der Waals surface area (Å²) in [6.45, 7) is 0. The monoisotopic (exact) mass is 463 g/mol. The van der Waals surface area contributed by atoms with Crippen molar-refractivity contribution in [1.29, 1.82) is 0 Å². The average Bonchev–Trinajstić information content (AvgIpc) is 3.17. The van der Waals surface area contributed by atoms with Crippen LogP contribution in [0, 0.1) is 0 Å². The normalized spacial score (nSPS) is 17.7. The Hall–Kier alpha value is -4.03. The molecule has 0 aliphatic carbocycles. The van der Waals surface area contributed by atoms with Crippen molar-refractivity contribution in [2.45, 2.75) is 14.7 Å². The van der Waals surface area contributed by atoms with Crippen molar-refractivity contribution >= 4 is 48.8 Å². The average molecular weight is 464 g/mol. The van der Waals surface area contributed by atoms with E-state index in [1.807, 2.05) is 42.5 Å². The molecule has 0 N–H and O–H groups in total. The Balaban J connectivity index is 1.31. The third-order valence-electron chi connectivity index (χ3n) is 7.52. The van der Waals surface area contributed by atoms with Gasteiger partial charge in [0.25, 0.3) is 0 Å². The second-order valence-electron chi connectivity index (χ2n) is 9.76. The lowest BCUT2D eigenvalue weighted by Crippen LogP contribution is -2.18. The molecule has 2 aliphatic rings. The lowest BCUT2D eigenvalue weighted by Gasteiger charge is -2.44. The number of hydrogen-bond acceptors (Lipinski definition) is 5. The third-order valence-corrected chi connectivity index (χ3v) is 12.8. The molecule has 0 saturated carbocycles. The zero-order valence-corrected chi connectivity index (χ0v) is 19.6. The highest BCUT2D eigenvalue weighted by atomic mass is 32.3. The van der Waals surface area contributed by atoms with Gasteiger partial charge in [0.15, 0.2) is 11.2 Å². The molecule has 4 aromatic carbocycles. The summed E-state index contributed by atoms with van der Waals surface area (Å²) >= 11 is 0. The first-order valence-electron chi connectivity index (χ1n) is 11.3. The molecule has 0 amide bonds. The highest BCUT2D eigenvalue weighted by Gasteiger charge is 2.59. The Morgan fingerprint density at radius 1 is 0.676 bits per heavy atom. The molecule has 2 aromatic heterocycles. The zero-order chi connectivity index (χ0) is 22.7. The Labute approximate surface area is 195 Å². The van der Waals surface area contributed by atoms with Crippen LogP contribution in [0.3, 0.4) is 0 Å². The van der Waals surface area contributed by atoms with Crippen molar-refractivity contribution in [3.8, 4) is 11.5 Å². The van der Waals surface area contributed by atoms with Gasteiger partial charge in [0.05, 0.1) is 11.4 Å². The van der Waals surface area contributed by atoms with E-state index in [9.17, 15) is 0 Å². The summed E-state index contributed by atoms with van der Waals surface area (Å²) in [6.07, 6.45) is 4.90. The molecule has 0 unspecified atom stereocenters. The highest BCUT2D eigenvalue weighted by Crippen LogP contribution is 2.99. The number of hydrogen-bond donors (Lipinski definition) is 1. The molecule has 6 heteroatoms. The molecule has 5 nitrogen and oxygen atoms in total. The van der Waals surface area contributed by atoms with Gasteiger partial charge in [0.2, 0.25) is 5.89 Å². The van der Waals surface area contributed by atoms with E-state index >= 15 is 0 Å². The van der Waals surface area contributed by atoms with Crippen molar-refractivity contribution in [3.05, 3.63) is 84.9 Å². The van der Waals surface area contributed by atoms with E-state index in [-0.39, 0.29) is 0 Å². The molecule has 0 radical (unpaired) electrons. The number of aromatic nitrogens is 2. The van der Waals surface area contributed by atoms with Crippen LogP contribution in [0.4, 0.5) is 17.4 Å². The fraction of sp³-hybridized carbons (Fsp3) is 0.0714. The van der Waals surface area contributed by atoms with Crippen LogP contribution in [-0.2, 0) is 0 Å². The molecule has 4 heterocycles. The minimum atomic E-state index is -2.20. The number of para-hydroxylation sites is 1. The summed E-state index contributed by atoms with van der Waals surface area (Å²) in [7, 11) is -2.20. The Morgan fingerprint density at radius 3 is 2.21 bits per heavy atom. The lowest BCUT2D eigenvalue weighted by molar-refractivity contribution is 0.606. The topological polar surface area (TPSA) is 55.3 Å². The highest BCUT2D eigenvalue weighted by molar-refractivity contribution is 8.53. The molecular weight excluding hydrogens is 442 g/mol. The molecule has 166 valence electrons. The van der Waals surface area contributed by atoms with E-state index < -0.39 is 9.16 Å². The van der Waals surface area contributed by atoms with Crippen LogP contribution in [0.1, 0.15) is 0 Å². The fourth-order valence-electron chi connectivity index (χ4n) is 5.73. The van der Waals surface area contributed by atoms with E-state index in [0.29, 0.717) is 23.1 Å². The lowest BCUT2D eigenvalue weighted by atomic mass is 10.2. The molecule has 8 rings (SSSR count). The van der Waals surface area contributed by atoms with Crippen LogP contribution in [0.15, 0.2) is 108 Å². The summed E-state index contributed by atoms with van der Waals surface area (Å²) in [5.74, 6) is 0.595. The maximum atomic E-state index is 6.37. The van der Waals surface area contributed by atoms with Crippen molar-refractivity contribution < 1.29 is 8.83 Å². The first-order chi connectivity index (χ1) is 16.5. The van der Waals surface area contributed by atoms with Crippen molar-refractivity contribution in [3.63, 3.8) is 0 Å². The number of fused-ring (bicyclic) bond motifs is 5. The smallest absolute Gasteiger partial charge is 0.307 e. The first-order valence-corrected chi connectivity index (χ1v) is 14.5. The number of anilines is 3. The first kappa shape index (κ1) is 18.4. The van der Waals surface area contributed by atoms with Crippen LogP contribution >= 0.6 is 9.16 Å². The Kier molecular flexibility index (Phi) is 3.09. The number of nitrogens with zero attached hydrogens (tertiary/aromatic N) is 3. The zero-order valence-electron chi connectivity index (χ0n) is 18.7. The van der Waals surface area contributed by atoms with Gasteiger partial charge in [-0.15, -0.1) is 0 Å². The molecule has 0 bridgehead atoms. The van der Waals surface area contributed by atoms with E-state index in [4.69, 9.17) is 13.8 Å². The van der Waals surface area contributed by atoms with Crippen LogP contribution < -0.4 is 4.90 Å². The van der Waals surface area contributed by atoms with E-state index in [2.05, 4.69) is 64.9 Å². The van der Waals surface area contributed by atoms with Gasteiger partial charge in [-0.2, -0.15) is 4.98 Å². The van der Waals surface area contributed by atoms with Crippen molar-refractivity contribution in [2.75, 3.05) is 17.4 Å². The molecule has 0 saturated heterocycles. The summed E-state index contributed by atoms with van der Waals surface area (Å²) < 4.78 is 12.4. The summed E-state index contributed by atoms with van der Waals surface area (Å²) in [5.41, 5.74) is 6.18. The van der Waals surface area contributed by atoms with Gasteiger partial charge in [0.1, 0.15) is 11.0 Å². The van der Waals surface area contributed by atoms with E-state index in [1.165, 1.54) is 20.4 Å². The maximum Gasteiger partial charge on any atom is 0.307 e. The van der Waals surface area contributed by atoms with Gasteiger partial charge in [-0.05, 0) is 53.8 Å². The van der Waals surface area contributed by atoms with Gasteiger partial charge in [0, 0.05) is 27.5 Å². The number of thiol groups is 1. The number of oxazole rings is 2. The molecular formula is C28H21N3O2S. The molecule has 2 aliphatic heterocycles. The van der Waals surface area contributed by atoms with Gasteiger partial charge < -0.3 is 8.83 Å². The van der Waals surface area contributed by atoms with Crippen LogP contribution in [0.2, 0.25) is 0 Å². The predicted molar refractivity (Wildman–Crippen MR) is 137 cm³/mol. The van der Waals surface area contributed by atoms with E-state index in [1.54, 1.807) is 0 Å². The van der Waals surface area contributed by atoms with Gasteiger partial charge in [-0.1, -0.05) is 36.4 Å². The Bertz CT molecular complexity index is 1770. The largest absolute Gasteiger partial charge is 0.436 e. The van der Waals surface area contributed by atoms with Gasteiger partial charge >= 0.3 is 6.01 Å². The second kappa shape index (κ2) is 5.72. The molecule has 34 heavy (non-hydrogen) atoms. The third kappa shape index (κ3) is 2.08.